The second-order valence-electron chi connectivity index (χ2n) is 7.90. The lowest BCUT2D eigenvalue weighted by Gasteiger charge is -2.38. The second kappa shape index (κ2) is 10.3. The highest BCUT2D eigenvalue weighted by Gasteiger charge is 2.35. The number of esters is 1. The van der Waals surface area contributed by atoms with Crippen LogP contribution in [0.25, 0.3) is 0 Å². The Hall–Kier alpha value is -2.86. The zero-order valence-corrected chi connectivity index (χ0v) is 17.7. The molecule has 8 nitrogen and oxygen atoms in total. The van der Waals surface area contributed by atoms with Crippen molar-refractivity contribution in [3.8, 4) is 11.8 Å². The standard InChI is InChI=1S/C21H28FN3O5/c1-5-6-19(26)29-13-14-12-28-15(11-25(14)20(27)30-21(2,3)4)7-8-16-17(22)9-24-10-18(16)23/h9-10,14-15H,5-6,11-13,23H2,1-4H3/t14-,15+/m0/s1. The van der Waals surface area contributed by atoms with E-state index in [4.69, 9.17) is 19.9 Å². The number of ether oxygens (including phenoxy) is 3. The fourth-order valence-corrected chi connectivity index (χ4v) is 2.67. The van der Waals surface area contributed by atoms with Crippen LogP contribution in [-0.4, -0.2) is 59.5 Å². The van der Waals surface area contributed by atoms with Crippen LogP contribution in [0.4, 0.5) is 14.9 Å². The van der Waals surface area contributed by atoms with E-state index >= 15 is 0 Å². The van der Waals surface area contributed by atoms with E-state index in [1.807, 2.05) is 6.92 Å². The number of aromatic nitrogens is 1. The van der Waals surface area contributed by atoms with Crippen LogP contribution >= 0.6 is 0 Å². The van der Waals surface area contributed by atoms with Crippen LogP contribution in [0.1, 0.15) is 46.1 Å². The van der Waals surface area contributed by atoms with Crippen molar-refractivity contribution in [1.82, 2.24) is 9.88 Å². The maximum absolute atomic E-state index is 13.9. The summed E-state index contributed by atoms with van der Waals surface area (Å²) in [7, 11) is 0. The number of carbonyl (C=O) groups is 2. The third kappa shape index (κ3) is 6.88. The fraction of sp³-hybridized carbons (Fsp3) is 0.571. The van der Waals surface area contributed by atoms with Crippen molar-refractivity contribution in [3.05, 3.63) is 23.8 Å². The van der Waals surface area contributed by atoms with E-state index in [9.17, 15) is 14.0 Å². The van der Waals surface area contributed by atoms with Gasteiger partial charge in [0.15, 0.2) is 5.82 Å². The normalized spacial score (nSPS) is 18.9. The van der Waals surface area contributed by atoms with Crippen molar-refractivity contribution < 1.29 is 28.2 Å². The number of amides is 1. The van der Waals surface area contributed by atoms with E-state index < -0.39 is 29.7 Å². The highest BCUT2D eigenvalue weighted by atomic mass is 19.1. The first kappa shape index (κ1) is 23.4. The Labute approximate surface area is 175 Å². The van der Waals surface area contributed by atoms with Crippen LogP contribution in [0.15, 0.2) is 12.4 Å². The van der Waals surface area contributed by atoms with Gasteiger partial charge in [0, 0.05) is 6.42 Å². The molecule has 0 unspecified atom stereocenters. The Morgan fingerprint density at radius 2 is 2.13 bits per heavy atom. The average Bonchev–Trinajstić information content (AvgIpc) is 2.65. The molecule has 2 rings (SSSR count). The topological polar surface area (TPSA) is 104 Å². The molecule has 1 saturated heterocycles. The summed E-state index contributed by atoms with van der Waals surface area (Å²) in [5.74, 6) is 4.48. The number of hydrogen-bond acceptors (Lipinski definition) is 7. The van der Waals surface area contributed by atoms with Crippen LogP contribution in [0.3, 0.4) is 0 Å². The molecular weight excluding hydrogens is 393 g/mol. The molecule has 0 saturated carbocycles. The van der Waals surface area contributed by atoms with Crippen LogP contribution in [0, 0.1) is 17.7 Å². The van der Waals surface area contributed by atoms with Gasteiger partial charge in [0.25, 0.3) is 0 Å². The number of morpholine rings is 1. The molecule has 2 heterocycles. The molecule has 2 atom stereocenters. The smallest absolute Gasteiger partial charge is 0.410 e. The molecule has 1 fully saturated rings. The van der Waals surface area contributed by atoms with Gasteiger partial charge in [-0.15, -0.1) is 0 Å². The molecular formula is C21H28FN3O5. The number of rotatable bonds is 4. The quantitative estimate of drug-likeness (QED) is 0.588. The molecule has 30 heavy (non-hydrogen) atoms. The molecule has 0 aromatic carbocycles. The molecule has 9 heteroatoms. The molecule has 2 N–H and O–H groups in total. The molecule has 1 aliphatic rings. The fourth-order valence-electron chi connectivity index (χ4n) is 2.67. The molecule has 1 aromatic heterocycles. The highest BCUT2D eigenvalue weighted by molar-refractivity contribution is 5.70. The summed E-state index contributed by atoms with van der Waals surface area (Å²) in [6, 6.07) is -0.513. The number of nitrogens with two attached hydrogens (primary N) is 1. The van der Waals surface area contributed by atoms with E-state index in [1.54, 1.807) is 20.8 Å². The van der Waals surface area contributed by atoms with Crippen LogP contribution in [0.2, 0.25) is 0 Å². The zero-order valence-electron chi connectivity index (χ0n) is 17.7. The van der Waals surface area contributed by atoms with E-state index in [1.165, 1.54) is 11.1 Å². The third-order valence-electron chi connectivity index (χ3n) is 4.10. The van der Waals surface area contributed by atoms with E-state index in [0.29, 0.717) is 12.8 Å². The summed E-state index contributed by atoms with van der Waals surface area (Å²) in [5.41, 5.74) is 5.15. The lowest BCUT2D eigenvalue weighted by Crippen LogP contribution is -2.55. The number of halogens is 1. The van der Waals surface area contributed by atoms with Gasteiger partial charge in [-0.1, -0.05) is 18.8 Å². The van der Waals surface area contributed by atoms with Gasteiger partial charge in [0.05, 0.1) is 42.8 Å². The SMILES string of the molecule is CCCC(=O)OC[C@@H]1CO[C@H](C#Cc2c(N)cncc2F)CN1C(=O)OC(C)(C)C. The Morgan fingerprint density at radius 1 is 1.40 bits per heavy atom. The highest BCUT2D eigenvalue weighted by Crippen LogP contribution is 2.18. The third-order valence-corrected chi connectivity index (χ3v) is 4.10. The minimum Gasteiger partial charge on any atom is -0.463 e. The molecule has 1 aromatic rings. The number of nitrogens with zero attached hydrogens (tertiary/aromatic N) is 2. The number of hydrogen-bond donors (Lipinski definition) is 1. The first-order chi connectivity index (χ1) is 14.1. The molecule has 0 spiro atoms. The number of anilines is 1. The molecule has 1 aliphatic heterocycles. The maximum atomic E-state index is 13.9. The predicted molar refractivity (Wildman–Crippen MR) is 108 cm³/mol. The first-order valence-electron chi connectivity index (χ1n) is 9.78. The van der Waals surface area contributed by atoms with Gasteiger partial charge < -0.3 is 19.9 Å². The second-order valence-corrected chi connectivity index (χ2v) is 7.90. The van der Waals surface area contributed by atoms with Gasteiger partial charge in [-0.25, -0.2) is 9.18 Å². The Bertz CT molecular complexity index is 808. The van der Waals surface area contributed by atoms with Crippen LogP contribution in [-0.2, 0) is 19.0 Å². The van der Waals surface area contributed by atoms with E-state index in [0.717, 1.165) is 6.20 Å². The van der Waals surface area contributed by atoms with Gasteiger partial charge in [-0.2, -0.15) is 0 Å². The monoisotopic (exact) mass is 421 g/mol. The summed E-state index contributed by atoms with van der Waals surface area (Å²) in [4.78, 5) is 29.5. The Balaban J connectivity index is 2.14. The first-order valence-corrected chi connectivity index (χ1v) is 9.78. The van der Waals surface area contributed by atoms with Gasteiger partial charge >= 0.3 is 12.1 Å². The predicted octanol–water partition coefficient (Wildman–Crippen LogP) is 2.50. The lowest BCUT2D eigenvalue weighted by molar-refractivity contribution is -0.148. The van der Waals surface area contributed by atoms with Gasteiger partial charge in [-0.05, 0) is 27.2 Å². The van der Waals surface area contributed by atoms with Gasteiger partial charge in [0.1, 0.15) is 18.3 Å². The molecule has 0 bridgehead atoms. The lowest BCUT2D eigenvalue weighted by atomic mass is 10.1. The minimum absolute atomic E-state index is 0.00977. The molecule has 1 amide bonds. The summed E-state index contributed by atoms with van der Waals surface area (Å²) in [6.07, 6.45) is 2.05. The van der Waals surface area contributed by atoms with Crippen molar-refractivity contribution in [2.24, 2.45) is 0 Å². The molecule has 0 aliphatic carbocycles. The number of carbonyl (C=O) groups excluding carboxylic acids is 2. The van der Waals surface area contributed by atoms with Crippen LogP contribution < -0.4 is 5.73 Å². The summed E-state index contributed by atoms with van der Waals surface area (Å²) in [5, 5.41) is 0. The minimum atomic E-state index is -0.700. The van der Waals surface area contributed by atoms with Crippen molar-refractivity contribution in [1.29, 1.82) is 0 Å². The largest absolute Gasteiger partial charge is 0.463 e. The Morgan fingerprint density at radius 3 is 2.77 bits per heavy atom. The average molecular weight is 421 g/mol. The van der Waals surface area contributed by atoms with Crippen molar-refractivity contribution in [3.63, 3.8) is 0 Å². The molecule has 164 valence electrons. The van der Waals surface area contributed by atoms with Crippen molar-refractivity contribution >= 4 is 17.7 Å². The van der Waals surface area contributed by atoms with E-state index in [2.05, 4.69) is 16.8 Å². The van der Waals surface area contributed by atoms with Gasteiger partial charge in [-0.3, -0.25) is 14.7 Å². The Kier molecular flexibility index (Phi) is 8.00. The number of nitrogen functional groups attached to an aromatic ring is 1. The zero-order chi connectivity index (χ0) is 22.3. The van der Waals surface area contributed by atoms with Crippen LogP contribution in [0.5, 0.6) is 0 Å². The summed E-state index contributed by atoms with van der Waals surface area (Å²) >= 11 is 0. The van der Waals surface area contributed by atoms with Crippen molar-refractivity contribution in [2.45, 2.75) is 58.3 Å². The van der Waals surface area contributed by atoms with Gasteiger partial charge in [0.2, 0.25) is 0 Å². The van der Waals surface area contributed by atoms with Crippen molar-refractivity contribution in [2.75, 3.05) is 25.5 Å². The van der Waals surface area contributed by atoms with E-state index in [-0.39, 0.29) is 37.0 Å². The summed E-state index contributed by atoms with van der Waals surface area (Å²) in [6.45, 7) is 7.30. The molecule has 0 radical (unpaired) electrons. The summed E-state index contributed by atoms with van der Waals surface area (Å²) < 4.78 is 30.3. The number of pyridine rings is 1. The maximum Gasteiger partial charge on any atom is 0.410 e.